The fraction of sp³-hybridized carbons (Fsp3) is 0.348. The number of carbonyl (C=O) groups excluding carboxylic acids is 4. The van der Waals surface area contributed by atoms with Gasteiger partial charge in [0.1, 0.15) is 68.9 Å². The number of carbonyl (C=O) groups is 4. The third-order valence-electron chi connectivity index (χ3n) is 24.4. The predicted molar refractivity (Wildman–Crippen MR) is 456 cm³/mol. The van der Waals surface area contributed by atoms with Crippen LogP contribution in [0.3, 0.4) is 0 Å². The quantitative estimate of drug-likeness (QED) is 0.0698. The average molecular weight is 1660 g/mol. The summed E-state index contributed by atoms with van der Waals surface area (Å²) in [5, 5.41) is 13.8. The van der Waals surface area contributed by atoms with Gasteiger partial charge in [-0.05, 0) is 226 Å². The first-order chi connectivity index (χ1) is 59.6. The van der Waals surface area contributed by atoms with Crippen molar-refractivity contribution < 1.29 is 32.3 Å². The van der Waals surface area contributed by atoms with E-state index in [4.69, 9.17) is 0 Å². The van der Waals surface area contributed by atoms with Gasteiger partial charge in [0.15, 0.2) is 11.6 Å². The van der Waals surface area contributed by atoms with Crippen molar-refractivity contribution >= 4 is 46.9 Å². The Morgan fingerprint density at radius 3 is 1.07 bits per heavy atom. The highest BCUT2D eigenvalue weighted by atomic mass is 19.1. The number of rotatable bonds is 16. The number of nitrogens with zero attached hydrogens (tertiary/aromatic N) is 20. The van der Waals surface area contributed by atoms with Crippen LogP contribution in [0.15, 0.2) is 178 Å². The molecule has 12 atom stereocenters. The molecule has 8 aliphatic rings. The summed E-state index contributed by atoms with van der Waals surface area (Å²) in [6.45, 7) is 18.0. The summed E-state index contributed by atoms with van der Waals surface area (Å²) in [5.41, 5.74) is 11.2. The molecular formula is C92H93F3N24O4. The number of hydrogen-bond acceptors (Lipinski definition) is 24. The highest BCUT2D eigenvalue weighted by Gasteiger charge is 2.52. The Kier molecular flexibility index (Phi) is 23.4. The second-order valence-corrected chi connectivity index (χ2v) is 33.4. The van der Waals surface area contributed by atoms with Crippen LogP contribution in [0.5, 0.6) is 0 Å². The van der Waals surface area contributed by atoms with Crippen LogP contribution < -0.4 is 21.3 Å². The zero-order chi connectivity index (χ0) is 85.3. The first-order valence-electron chi connectivity index (χ1n) is 41.6. The normalized spacial score (nSPS) is 22.1. The summed E-state index contributed by atoms with van der Waals surface area (Å²) in [7, 11) is 0. The van der Waals surface area contributed by atoms with Crippen molar-refractivity contribution in [1.82, 2.24) is 99.3 Å². The molecule has 0 spiro atoms. The van der Waals surface area contributed by atoms with Gasteiger partial charge in [0.05, 0.1) is 119 Å². The Morgan fingerprint density at radius 1 is 0.309 bits per heavy atom. The zero-order valence-electron chi connectivity index (χ0n) is 69.4. The van der Waals surface area contributed by atoms with Gasteiger partial charge in [0.25, 0.3) is 23.6 Å². The van der Waals surface area contributed by atoms with E-state index in [0.717, 1.165) is 109 Å². The maximum Gasteiger partial charge on any atom is 0.273 e. The molecular weight excluding hydrogens is 1560 g/mol. The van der Waals surface area contributed by atoms with E-state index >= 15 is 0 Å². The number of amides is 4. The molecule has 0 radical (unpaired) electrons. The largest absolute Gasteiger partial charge is 0.364 e. The number of hydrogen-bond donors (Lipinski definition) is 4. The van der Waals surface area contributed by atoms with Crippen molar-refractivity contribution in [2.75, 3.05) is 47.4 Å². The van der Waals surface area contributed by atoms with E-state index in [9.17, 15) is 32.3 Å². The van der Waals surface area contributed by atoms with Gasteiger partial charge in [0.2, 0.25) is 0 Å². The van der Waals surface area contributed by atoms with Crippen molar-refractivity contribution in [2.45, 2.75) is 155 Å². The Labute approximate surface area is 709 Å². The first-order valence-corrected chi connectivity index (χ1v) is 41.6. The smallest absolute Gasteiger partial charge is 0.273 e. The molecule has 12 unspecified atom stereocenters. The van der Waals surface area contributed by atoms with Crippen molar-refractivity contribution in [2.24, 2.45) is 23.7 Å². The molecule has 31 heteroatoms. The second kappa shape index (κ2) is 35.2. The van der Waals surface area contributed by atoms with Gasteiger partial charge in [-0.15, -0.1) is 0 Å². The molecule has 8 bridgehead atoms. The highest BCUT2D eigenvalue weighted by Crippen LogP contribution is 2.45. The molecule has 4 saturated heterocycles. The van der Waals surface area contributed by atoms with E-state index in [-0.39, 0.29) is 100 Å². The molecule has 8 fully saturated rings. The summed E-state index contributed by atoms with van der Waals surface area (Å²) < 4.78 is 43.4. The summed E-state index contributed by atoms with van der Waals surface area (Å²) in [5.74, 6) is 2.79. The maximum atomic E-state index is 14.5. The van der Waals surface area contributed by atoms with Crippen molar-refractivity contribution in [3.63, 3.8) is 0 Å². The number of aryl methyl sites for hydroxylation is 8. The summed E-state index contributed by atoms with van der Waals surface area (Å²) in [4.78, 5) is 131. The zero-order valence-corrected chi connectivity index (χ0v) is 69.4. The van der Waals surface area contributed by atoms with Gasteiger partial charge in [-0.3, -0.25) is 79.0 Å². The van der Waals surface area contributed by atoms with E-state index < -0.39 is 17.5 Å². The van der Waals surface area contributed by atoms with Gasteiger partial charge in [0, 0.05) is 105 Å². The molecule has 4 aliphatic carbocycles. The van der Waals surface area contributed by atoms with E-state index in [1.54, 1.807) is 98.6 Å². The number of halogens is 3. The fourth-order valence-electron chi connectivity index (χ4n) is 18.8. The minimum atomic E-state index is -0.492. The molecule has 4 N–H and O–H groups in total. The van der Waals surface area contributed by atoms with E-state index in [1.165, 1.54) is 55.0 Å². The van der Waals surface area contributed by atoms with Gasteiger partial charge in [-0.25, -0.2) is 33.1 Å². The number of nitrogens with one attached hydrogen (secondary N) is 4. The summed E-state index contributed by atoms with van der Waals surface area (Å²) in [6, 6.07) is 24.0. The lowest BCUT2D eigenvalue weighted by molar-refractivity contribution is 0.0681. The number of fused-ring (bicyclic) bond motifs is 8. The first kappa shape index (κ1) is 81.7. The van der Waals surface area contributed by atoms with Crippen LogP contribution in [0.4, 0.5) is 36.4 Å². The van der Waals surface area contributed by atoms with Crippen LogP contribution in [-0.4, -0.2) is 197 Å². The number of likely N-dealkylation sites (tertiary alicyclic amines) is 4. The highest BCUT2D eigenvalue weighted by molar-refractivity contribution is 6.02. The fourth-order valence-corrected chi connectivity index (χ4v) is 18.8. The molecule has 4 amide bonds. The van der Waals surface area contributed by atoms with Crippen LogP contribution >= 0.6 is 0 Å². The van der Waals surface area contributed by atoms with Crippen molar-refractivity contribution in [3.05, 3.63) is 263 Å². The standard InChI is InChI=1S/3C23H23FN6O.C23H24N6O/c1-13-5-6-16(21(28-13)22-17(24)4-3-7-25-22)23(31)30-12-15-8-18(19(30)9-15)29-20-11-26-14(2)10-27-20;1-13-6-16(21(28-9-13)22-17(24)4-3-5-25-22)23(31)30-12-15-7-18(19(30)8-15)29-20-11-26-14(2)10-27-20;1-13-6-16(21-17(24)4-3-5-25-21)22(28-9-13)23(31)30-12-15-7-18(19(30)8-15)29-20-11-26-14(2)10-27-20;1-14-5-3-7-24-21(14)22-17(6-4-8-25-22)23(30)29-13-16-9-18(19(29)10-16)28-20-12-26-15(2)11-27-20/h3-7,10-11,15,18-19H,8-9,12H2,1-2H3,(H,27,29);2*3-6,9-11,15,18-19H,7-8,12H2,1-2H3,(H,27,29);3-8,11-12,16,18-19H,9-10,13H2,1-2H3,(H,27,28). The van der Waals surface area contributed by atoms with Crippen molar-refractivity contribution in [3.8, 4) is 45.4 Å². The number of aromatic nitrogens is 16. The Morgan fingerprint density at radius 2 is 0.659 bits per heavy atom. The molecule has 12 aromatic heterocycles. The molecule has 12 aromatic rings. The van der Waals surface area contributed by atoms with Gasteiger partial charge in [-0.2, -0.15) is 0 Å². The van der Waals surface area contributed by atoms with Gasteiger partial charge >= 0.3 is 0 Å². The average Bonchev–Trinajstić information content (AvgIpc) is 1.63. The predicted octanol–water partition coefficient (Wildman–Crippen LogP) is 13.5. The molecule has 20 rings (SSSR count). The molecule has 123 heavy (non-hydrogen) atoms. The molecule has 28 nitrogen and oxygen atoms in total. The van der Waals surface area contributed by atoms with E-state index in [0.29, 0.717) is 100 Å². The monoisotopic (exact) mass is 1650 g/mol. The topological polar surface area (TPSA) is 336 Å². The third kappa shape index (κ3) is 17.6. The van der Waals surface area contributed by atoms with E-state index in [1.807, 2.05) is 99.3 Å². The number of pyridine rings is 8. The molecule has 4 aliphatic heterocycles. The molecule has 626 valence electrons. The van der Waals surface area contributed by atoms with E-state index in [2.05, 4.69) is 101 Å². The van der Waals surface area contributed by atoms with Gasteiger partial charge in [-0.1, -0.05) is 6.07 Å². The number of anilines is 4. The lowest BCUT2D eigenvalue weighted by Crippen LogP contribution is -2.48. The van der Waals surface area contributed by atoms with Gasteiger partial charge < -0.3 is 40.9 Å². The summed E-state index contributed by atoms with van der Waals surface area (Å²) in [6.07, 6.45) is 33.0. The number of piperidine rings is 4. The minimum Gasteiger partial charge on any atom is -0.364 e. The van der Waals surface area contributed by atoms with Crippen LogP contribution in [-0.2, 0) is 0 Å². The third-order valence-corrected chi connectivity index (χ3v) is 24.4. The Bertz CT molecular complexity index is 5740. The van der Waals surface area contributed by atoms with Crippen LogP contribution in [0, 0.1) is 96.5 Å². The maximum absolute atomic E-state index is 14.5. The lowest BCUT2D eigenvalue weighted by atomic mass is 10.0. The molecule has 4 saturated carbocycles. The minimum absolute atomic E-state index is 0.0251. The Hall–Kier alpha value is -13.6. The Balaban J connectivity index is 0.000000116. The molecule has 16 heterocycles. The van der Waals surface area contributed by atoms with Crippen LogP contribution in [0.1, 0.15) is 138 Å². The summed E-state index contributed by atoms with van der Waals surface area (Å²) >= 11 is 0. The van der Waals surface area contributed by atoms with Crippen molar-refractivity contribution in [1.29, 1.82) is 0 Å². The second-order valence-electron chi connectivity index (χ2n) is 33.4. The van der Waals surface area contributed by atoms with Crippen LogP contribution in [0.2, 0.25) is 0 Å². The SMILES string of the molecule is Cc1cnc(-c2ncccc2F)c(C(=O)N2CC3CC(Nc4cnc(C)cn4)C2C3)c1.Cc1cnc(C(=O)N2CC3CC(Nc4cnc(C)cn4)C2C3)c(-c2ncccc2F)c1.Cc1cnc(NC2CC3CC2N(C(=O)c2ccc(C)nc2-c2ncccc2F)C3)cn1.Cc1cnc(NC2CC3CC2N(C(=O)c2cccnc2-c2ncccc2C)C3)cn1. The molecule has 0 aromatic carbocycles. The van der Waals surface area contributed by atoms with Crippen LogP contribution in [0.25, 0.3) is 45.4 Å². The lowest BCUT2D eigenvalue weighted by Gasteiger charge is -2.34.